The summed E-state index contributed by atoms with van der Waals surface area (Å²) in [4.78, 5) is 22.9. The van der Waals surface area contributed by atoms with E-state index in [0.29, 0.717) is 0 Å². The molecule has 5 heteroatoms. The molecule has 0 fully saturated rings. The molecule has 0 aliphatic heterocycles. The minimum absolute atomic E-state index is 0.0922. The minimum atomic E-state index is -0.0922. The van der Waals surface area contributed by atoms with Gasteiger partial charge in [-0.3, -0.25) is 4.79 Å². The van der Waals surface area contributed by atoms with E-state index in [2.05, 4.69) is 21.4 Å². The van der Waals surface area contributed by atoms with Gasteiger partial charge in [-0.1, -0.05) is 42.5 Å². The predicted octanol–water partition coefficient (Wildman–Crippen LogP) is 3.86. The van der Waals surface area contributed by atoms with Crippen LogP contribution in [-0.4, -0.2) is 29.5 Å². The van der Waals surface area contributed by atoms with Crippen LogP contribution < -0.4 is 10.2 Å². The molecular weight excluding hydrogens is 324 g/mol. The van der Waals surface area contributed by atoms with Gasteiger partial charge in [-0.2, -0.15) is 0 Å². The fraction of sp³-hybridized carbons (Fsp3) is 0.0952. The molecule has 0 aliphatic rings. The number of amides is 1. The third-order valence-corrected chi connectivity index (χ3v) is 4.30. The lowest BCUT2D eigenvalue weighted by molar-refractivity contribution is -0.114. The van der Waals surface area contributed by atoms with E-state index in [1.165, 1.54) is 6.33 Å². The van der Waals surface area contributed by atoms with E-state index in [1.54, 1.807) is 0 Å². The van der Waals surface area contributed by atoms with E-state index in [1.807, 2.05) is 72.6 Å². The number of para-hydroxylation sites is 1. The average Bonchev–Trinajstić information content (AvgIpc) is 2.67. The number of aromatic nitrogens is 2. The molecule has 128 valence electrons. The number of likely N-dealkylation sites (N-methyl/N-ethyl adjacent to an activating group) is 1. The summed E-state index contributed by atoms with van der Waals surface area (Å²) in [6, 6.07) is 21.7. The molecule has 0 saturated heterocycles. The molecule has 1 heterocycles. The third-order valence-electron chi connectivity index (χ3n) is 4.30. The van der Waals surface area contributed by atoms with Crippen molar-refractivity contribution < 1.29 is 4.79 Å². The van der Waals surface area contributed by atoms with Gasteiger partial charge in [0.05, 0.1) is 12.1 Å². The van der Waals surface area contributed by atoms with Crippen LogP contribution >= 0.6 is 0 Å². The standard InChI is InChI=1S/C21H18N4O/c1-25(21-18-8-4-5-9-19(18)22-14-23-21)13-20(26)24-17-11-10-15-6-2-3-7-16(15)12-17/h2-12,14H,13H2,1H3,(H,24,26). The van der Waals surface area contributed by atoms with Gasteiger partial charge in [0.1, 0.15) is 12.1 Å². The second-order valence-electron chi connectivity index (χ2n) is 6.18. The van der Waals surface area contributed by atoms with Crippen molar-refractivity contribution in [2.24, 2.45) is 0 Å². The Balaban J connectivity index is 1.51. The molecule has 1 aromatic heterocycles. The Labute approximate surface area is 151 Å². The van der Waals surface area contributed by atoms with Crippen LogP contribution in [0.4, 0.5) is 11.5 Å². The van der Waals surface area contributed by atoms with Crippen LogP contribution in [0.3, 0.4) is 0 Å². The quantitative estimate of drug-likeness (QED) is 0.612. The van der Waals surface area contributed by atoms with Crippen molar-refractivity contribution in [2.45, 2.75) is 0 Å². The van der Waals surface area contributed by atoms with Gasteiger partial charge in [-0.25, -0.2) is 9.97 Å². The fourth-order valence-electron chi connectivity index (χ4n) is 3.05. The molecule has 0 radical (unpaired) electrons. The van der Waals surface area contributed by atoms with E-state index in [-0.39, 0.29) is 12.5 Å². The van der Waals surface area contributed by atoms with Crippen molar-refractivity contribution >= 4 is 39.1 Å². The molecular formula is C21H18N4O. The fourth-order valence-corrected chi connectivity index (χ4v) is 3.05. The van der Waals surface area contributed by atoms with E-state index in [4.69, 9.17) is 0 Å². The number of rotatable bonds is 4. The number of anilines is 2. The predicted molar refractivity (Wildman–Crippen MR) is 105 cm³/mol. The zero-order valence-electron chi connectivity index (χ0n) is 14.4. The average molecular weight is 342 g/mol. The number of carbonyl (C=O) groups is 1. The van der Waals surface area contributed by atoms with E-state index in [0.717, 1.165) is 33.2 Å². The van der Waals surface area contributed by atoms with Crippen molar-refractivity contribution in [3.05, 3.63) is 73.1 Å². The van der Waals surface area contributed by atoms with Gasteiger partial charge in [-0.05, 0) is 35.0 Å². The third kappa shape index (κ3) is 3.19. The number of fused-ring (bicyclic) bond motifs is 2. The maximum atomic E-state index is 12.5. The highest BCUT2D eigenvalue weighted by molar-refractivity contribution is 5.98. The second kappa shape index (κ2) is 6.80. The Morgan fingerprint density at radius 3 is 2.62 bits per heavy atom. The lowest BCUT2D eigenvalue weighted by Gasteiger charge is -2.19. The Kier molecular flexibility index (Phi) is 4.19. The number of benzene rings is 3. The lowest BCUT2D eigenvalue weighted by atomic mass is 10.1. The molecule has 0 unspecified atom stereocenters. The number of hydrogen-bond donors (Lipinski definition) is 1. The SMILES string of the molecule is CN(CC(=O)Nc1ccc2ccccc2c1)c1ncnc2ccccc12. The van der Waals surface area contributed by atoms with Crippen LogP contribution in [0.5, 0.6) is 0 Å². The van der Waals surface area contributed by atoms with Crippen molar-refractivity contribution in [3.8, 4) is 0 Å². The molecule has 4 aromatic rings. The Hall–Kier alpha value is -3.47. The van der Waals surface area contributed by atoms with Crippen LogP contribution in [0, 0.1) is 0 Å². The maximum absolute atomic E-state index is 12.5. The minimum Gasteiger partial charge on any atom is -0.350 e. The molecule has 1 N–H and O–H groups in total. The van der Waals surface area contributed by atoms with Crippen LogP contribution in [0.2, 0.25) is 0 Å². The summed E-state index contributed by atoms with van der Waals surface area (Å²) in [6.45, 7) is 0.202. The van der Waals surface area contributed by atoms with Gasteiger partial charge < -0.3 is 10.2 Å². The molecule has 0 bridgehead atoms. The van der Waals surface area contributed by atoms with Crippen LogP contribution in [0.25, 0.3) is 21.7 Å². The van der Waals surface area contributed by atoms with Gasteiger partial charge in [0.15, 0.2) is 0 Å². The van der Waals surface area contributed by atoms with E-state index < -0.39 is 0 Å². The molecule has 26 heavy (non-hydrogen) atoms. The van der Waals surface area contributed by atoms with E-state index >= 15 is 0 Å². The van der Waals surface area contributed by atoms with E-state index in [9.17, 15) is 4.79 Å². The van der Waals surface area contributed by atoms with Crippen molar-refractivity contribution in [2.75, 3.05) is 23.8 Å². The molecule has 0 spiro atoms. The monoisotopic (exact) mass is 342 g/mol. The zero-order chi connectivity index (χ0) is 17.9. The van der Waals surface area contributed by atoms with Gasteiger partial charge in [0.25, 0.3) is 0 Å². The number of carbonyl (C=O) groups excluding carboxylic acids is 1. The molecule has 0 saturated carbocycles. The second-order valence-corrected chi connectivity index (χ2v) is 6.18. The smallest absolute Gasteiger partial charge is 0.243 e. The first-order valence-corrected chi connectivity index (χ1v) is 8.40. The van der Waals surface area contributed by atoms with Gasteiger partial charge in [0.2, 0.25) is 5.91 Å². The first-order valence-electron chi connectivity index (χ1n) is 8.40. The van der Waals surface area contributed by atoms with Gasteiger partial charge in [-0.15, -0.1) is 0 Å². The van der Waals surface area contributed by atoms with Gasteiger partial charge in [0, 0.05) is 18.1 Å². The first kappa shape index (κ1) is 16.0. The summed E-state index contributed by atoms with van der Waals surface area (Å²) in [5.74, 6) is 0.648. The first-order chi connectivity index (χ1) is 12.7. The Bertz CT molecular complexity index is 1090. The molecule has 3 aromatic carbocycles. The Morgan fingerprint density at radius 1 is 0.962 bits per heavy atom. The summed E-state index contributed by atoms with van der Waals surface area (Å²) in [7, 11) is 1.86. The Morgan fingerprint density at radius 2 is 1.73 bits per heavy atom. The molecule has 1 amide bonds. The molecule has 0 aliphatic carbocycles. The lowest BCUT2D eigenvalue weighted by Crippen LogP contribution is -2.30. The number of nitrogens with zero attached hydrogens (tertiary/aromatic N) is 3. The summed E-state index contributed by atoms with van der Waals surface area (Å²) in [5.41, 5.74) is 1.65. The summed E-state index contributed by atoms with van der Waals surface area (Å²) in [6.07, 6.45) is 1.52. The molecule has 5 nitrogen and oxygen atoms in total. The van der Waals surface area contributed by atoms with Crippen molar-refractivity contribution in [3.63, 3.8) is 0 Å². The van der Waals surface area contributed by atoms with Crippen molar-refractivity contribution in [1.29, 1.82) is 0 Å². The summed E-state index contributed by atoms with van der Waals surface area (Å²) in [5, 5.41) is 6.13. The normalized spacial score (nSPS) is 10.8. The topological polar surface area (TPSA) is 58.1 Å². The van der Waals surface area contributed by atoms with Gasteiger partial charge >= 0.3 is 0 Å². The van der Waals surface area contributed by atoms with Crippen LogP contribution in [0.1, 0.15) is 0 Å². The highest BCUT2D eigenvalue weighted by Crippen LogP contribution is 2.22. The highest BCUT2D eigenvalue weighted by Gasteiger charge is 2.12. The van der Waals surface area contributed by atoms with Crippen LogP contribution in [-0.2, 0) is 4.79 Å². The number of hydrogen-bond acceptors (Lipinski definition) is 4. The zero-order valence-corrected chi connectivity index (χ0v) is 14.4. The number of nitrogens with one attached hydrogen (secondary N) is 1. The summed E-state index contributed by atoms with van der Waals surface area (Å²) < 4.78 is 0. The highest BCUT2D eigenvalue weighted by atomic mass is 16.2. The summed E-state index contributed by atoms with van der Waals surface area (Å²) >= 11 is 0. The van der Waals surface area contributed by atoms with Crippen molar-refractivity contribution in [1.82, 2.24) is 9.97 Å². The van der Waals surface area contributed by atoms with Crippen LogP contribution in [0.15, 0.2) is 73.1 Å². The molecule has 0 atom stereocenters. The molecule has 4 rings (SSSR count). The maximum Gasteiger partial charge on any atom is 0.243 e. The largest absolute Gasteiger partial charge is 0.350 e.